The molecule has 1 saturated carbocycles. The molecule has 0 N–H and O–H groups in total. The largest absolute Gasteiger partial charge is 0.493 e. The summed E-state index contributed by atoms with van der Waals surface area (Å²) in [6, 6.07) is 9.89. The van der Waals surface area contributed by atoms with E-state index in [0.717, 1.165) is 58.9 Å². The summed E-state index contributed by atoms with van der Waals surface area (Å²) in [4.78, 5) is 16.8. The zero-order valence-corrected chi connectivity index (χ0v) is 13.5. The molecular weight excluding hydrogens is 302 g/mol. The molecule has 2 aromatic heterocycles. The summed E-state index contributed by atoms with van der Waals surface area (Å²) < 4.78 is 7.34. The van der Waals surface area contributed by atoms with Crippen LogP contribution in [0.15, 0.2) is 30.3 Å². The number of rotatable bonds is 3. The normalized spacial score (nSPS) is 16.6. The molecule has 0 unspecified atom stereocenters. The fourth-order valence-corrected chi connectivity index (χ4v) is 3.56. The quantitative estimate of drug-likeness (QED) is 0.742. The molecule has 24 heavy (non-hydrogen) atoms. The molecule has 5 rings (SSSR count). The van der Waals surface area contributed by atoms with Gasteiger partial charge in [0.15, 0.2) is 23.0 Å². The first kappa shape index (κ1) is 13.7. The number of aromatic nitrogens is 3. The molecule has 120 valence electrons. The smallest absolute Gasteiger partial charge is 0.198 e. The Labute approximate surface area is 139 Å². The average Bonchev–Trinajstić information content (AvgIpc) is 3.25. The highest BCUT2D eigenvalue weighted by atomic mass is 16.5. The summed E-state index contributed by atoms with van der Waals surface area (Å²) in [5.41, 5.74) is 4.75. The first-order chi connectivity index (χ1) is 11.8. The molecule has 2 aliphatic rings. The topological polar surface area (TPSA) is 56.5 Å². The lowest BCUT2D eigenvalue weighted by Gasteiger charge is -2.11. The Morgan fingerprint density at radius 1 is 1.12 bits per heavy atom. The molecule has 0 spiro atoms. The van der Waals surface area contributed by atoms with Crippen molar-refractivity contribution < 1.29 is 9.53 Å². The van der Waals surface area contributed by atoms with E-state index in [1.807, 2.05) is 28.8 Å². The molecule has 0 bridgehead atoms. The standard InChI is InChI=1S/C19H17N3O2/c1-24-17-10-8-15(22-19(17)20-18(21-22)11-5-6-11)13-3-2-4-14-12(13)7-9-16(14)23/h2-4,8,10-11H,5-7,9H2,1H3. The van der Waals surface area contributed by atoms with E-state index in [0.29, 0.717) is 12.3 Å². The van der Waals surface area contributed by atoms with Crippen LogP contribution in [0.3, 0.4) is 0 Å². The molecule has 0 saturated heterocycles. The van der Waals surface area contributed by atoms with Gasteiger partial charge in [-0.05, 0) is 37.0 Å². The lowest BCUT2D eigenvalue weighted by Crippen LogP contribution is -2.00. The van der Waals surface area contributed by atoms with Gasteiger partial charge < -0.3 is 4.74 Å². The summed E-state index contributed by atoms with van der Waals surface area (Å²) >= 11 is 0. The van der Waals surface area contributed by atoms with Gasteiger partial charge >= 0.3 is 0 Å². The van der Waals surface area contributed by atoms with Crippen LogP contribution in [0.4, 0.5) is 0 Å². The van der Waals surface area contributed by atoms with Crippen molar-refractivity contribution in [1.29, 1.82) is 0 Å². The van der Waals surface area contributed by atoms with Crippen molar-refractivity contribution in [3.05, 3.63) is 47.3 Å². The highest BCUT2D eigenvalue weighted by Crippen LogP contribution is 2.40. The Balaban J connectivity index is 1.77. The number of carbonyl (C=O) groups excluding carboxylic acids is 1. The van der Waals surface area contributed by atoms with Crippen molar-refractivity contribution in [2.24, 2.45) is 0 Å². The van der Waals surface area contributed by atoms with Gasteiger partial charge in [-0.2, -0.15) is 5.10 Å². The summed E-state index contributed by atoms with van der Waals surface area (Å²) in [6.45, 7) is 0. The van der Waals surface area contributed by atoms with Crippen LogP contribution >= 0.6 is 0 Å². The van der Waals surface area contributed by atoms with Gasteiger partial charge in [-0.1, -0.05) is 18.2 Å². The molecule has 5 nitrogen and oxygen atoms in total. The number of Topliss-reactive ketones (excluding diaryl/α,β-unsaturated/α-hetero) is 1. The fraction of sp³-hybridized carbons (Fsp3) is 0.316. The van der Waals surface area contributed by atoms with E-state index in [1.165, 1.54) is 0 Å². The zero-order chi connectivity index (χ0) is 16.3. The second-order valence-electron chi connectivity index (χ2n) is 6.52. The molecule has 5 heteroatoms. The van der Waals surface area contributed by atoms with E-state index in [2.05, 4.69) is 6.07 Å². The van der Waals surface area contributed by atoms with E-state index in [4.69, 9.17) is 14.8 Å². The molecule has 1 aromatic carbocycles. The van der Waals surface area contributed by atoms with E-state index in [9.17, 15) is 4.79 Å². The molecule has 0 aliphatic heterocycles. The molecule has 0 radical (unpaired) electrons. The summed E-state index contributed by atoms with van der Waals surface area (Å²) in [6.07, 6.45) is 3.70. The second-order valence-corrected chi connectivity index (χ2v) is 6.52. The van der Waals surface area contributed by atoms with Crippen molar-refractivity contribution >= 4 is 11.4 Å². The monoisotopic (exact) mass is 319 g/mol. The maximum atomic E-state index is 12.1. The third kappa shape index (κ3) is 1.90. The van der Waals surface area contributed by atoms with Crippen LogP contribution in [0.5, 0.6) is 5.75 Å². The fourth-order valence-electron chi connectivity index (χ4n) is 3.56. The molecule has 2 aliphatic carbocycles. The van der Waals surface area contributed by atoms with Gasteiger partial charge in [0.25, 0.3) is 0 Å². The third-order valence-corrected chi connectivity index (χ3v) is 4.98. The highest BCUT2D eigenvalue weighted by Gasteiger charge is 2.30. The number of fused-ring (bicyclic) bond motifs is 2. The molecule has 1 fully saturated rings. The first-order valence-electron chi connectivity index (χ1n) is 8.35. The maximum Gasteiger partial charge on any atom is 0.198 e. The van der Waals surface area contributed by atoms with Crippen LogP contribution in [-0.2, 0) is 6.42 Å². The Bertz CT molecular complexity index is 986. The van der Waals surface area contributed by atoms with Crippen molar-refractivity contribution in [3.8, 4) is 17.0 Å². The van der Waals surface area contributed by atoms with E-state index >= 15 is 0 Å². The highest BCUT2D eigenvalue weighted by molar-refractivity contribution is 6.02. The van der Waals surface area contributed by atoms with E-state index < -0.39 is 0 Å². The number of methoxy groups -OCH3 is 1. The summed E-state index contributed by atoms with van der Waals surface area (Å²) in [5, 5.41) is 4.74. The lowest BCUT2D eigenvalue weighted by atomic mass is 10.00. The van der Waals surface area contributed by atoms with Crippen molar-refractivity contribution in [1.82, 2.24) is 14.6 Å². The minimum Gasteiger partial charge on any atom is -0.493 e. The minimum atomic E-state index is 0.230. The van der Waals surface area contributed by atoms with Gasteiger partial charge in [0, 0.05) is 23.5 Å². The number of benzene rings is 1. The summed E-state index contributed by atoms with van der Waals surface area (Å²) in [7, 11) is 1.65. The number of pyridine rings is 1. The van der Waals surface area contributed by atoms with Gasteiger partial charge in [-0.15, -0.1) is 0 Å². The first-order valence-corrected chi connectivity index (χ1v) is 8.35. The third-order valence-electron chi connectivity index (χ3n) is 4.98. The second kappa shape index (κ2) is 4.90. The van der Waals surface area contributed by atoms with E-state index in [1.54, 1.807) is 7.11 Å². The molecule has 2 heterocycles. The Kier molecular flexibility index (Phi) is 2.80. The molecular formula is C19H17N3O2. The summed E-state index contributed by atoms with van der Waals surface area (Å²) in [5.74, 6) is 2.32. The molecule has 3 aromatic rings. The zero-order valence-electron chi connectivity index (χ0n) is 13.5. The number of hydrogen-bond donors (Lipinski definition) is 0. The molecule has 0 atom stereocenters. The number of ether oxygens (including phenoxy) is 1. The van der Waals surface area contributed by atoms with Crippen LogP contribution in [0.1, 0.15) is 46.9 Å². The lowest BCUT2D eigenvalue weighted by molar-refractivity contribution is 0.0994. The van der Waals surface area contributed by atoms with Crippen molar-refractivity contribution in [2.75, 3.05) is 7.11 Å². The predicted octanol–water partition coefficient (Wildman–Crippen LogP) is 3.41. The van der Waals surface area contributed by atoms with Gasteiger partial charge in [-0.25, -0.2) is 9.50 Å². The van der Waals surface area contributed by atoms with Gasteiger partial charge in [0.05, 0.1) is 12.8 Å². The van der Waals surface area contributed by atoms with Gasteiger partial charge in [-0.3, -0.25) is 4.79 Å². The van der Waals surface area contributed by atoms with Crippen molar-refractivity contribution in [3.63, 3.8) is 0 Å². The Hall–Kier alpha value is -2.69. The molecule has 0 amide bonds. The van der Waals surface area contributed by atoms with Crippen LogP contribution < -0.4 is 4.74 Å². The van der Waals surface area contributed by atoms with Crippen LogP contribution in [0.25, 0.3) is 16.9 Å². The number of hydrogen-bond acceptors (Lipinski definition) is 4. The van der Waals surface area contributed by atoms with Gasteiger partial charge in [0.1, 0.15) is 0 Å². The van der Waals surface area contributed by atoms with E-state index in [-0.39, 0.29) is 5.78 Å². The maximum absolute atomic E-state index is 12.1. The van der Waals surface area contributed by atoms with Crippen molar-refractivity contribution in [2.45, 2.75) is 31.6 Å². The van der Waals surface area contributed by atoms with Gasteiger partial charge in [0.2, 0.25) is 0 Å². The minimum absolute atomic E-state index is 0.230. The number of carbonyl (C=O) groups is 1. The average molecular weight is 319 g/mol. The Morgan fingerprint density at radius 3 is 2.75 bits per heavy atom. The number of ketones is 1. The SMILES string of the molecule is COc1ccc(-c2cccc3c2CCC3=O)n2nc(C3CC3)nc12. The van der Waals surface area contributed by atoms with Crippen LogP contribution in [-0.4, -0.2) is 27.5 Å². The predicted molar refractivity (Wildman–Crippen MR) is 89.6 cm³/mol. The van der Waals surface area contributed by atoms with Crippen LogP contribution in [0, 0.1) is 0 Å². The number of nitrogens with zero attached hydrogens (tertiary/aromatic N) is 3. The Morgan fingerprint density at radius 2 is 1.96 bits per heavy atom. The van der Waals surface area contributed by atoms with Crippen LogP contribution in [0.2, 0.25) is 0 Å².